The Bertz CT molecular complexity index is 236. The molecule has 2 fully saturated rings. The number of aliphatic hydroxyl groups is 3. The van der Waals surface area contributed by atoms with Crippen LogP contribution in [-0.4, -0.2) is 51.2 Å². The summed E-state index contributed by atoms with van der Waals surface area (Å²) in [5, 5.41) is 27.7. The van der Waals surface area contributed by atoms with Gasteiger partial charge in [-0.3, -0.25) is 0 Å². The van der Waals surface area contributed by atoms with E-state index in [1.165, 1.54) is 0 Å². The zero-order chi connectivity index (χ0) is 9.09. The smallest absolute Gasteiger partial charge is 0.332 e. The summed E-state index contributed by atoms with van der Waals surface area (Å²) in [5.74, 6) is -0.863. The van der Waals surface area contributed by atoms with E-state index in [2.05, 4.69) is 4.74 Å². The van der Waals surface area contributed by atoms with Crippen LogP contribution in [0.15, 0.2) is 0 Å². The van der Waals surface area contributed by atoms with E-state index in [0.29, 0.717) is 0 Å². The molecule has 5 N–H and O–H groups in total. The maximum Gasteiger partial charge on any atom is 0.332 e. The standard InChI is InChI=1S/C6H9NO5/c7-6-3(9)1(8)2(4(6)10)12-5(6)11/h1-4,8-10H,7H2. The Kier molecular flexibility index (Phi) is 1.30. The van der Waals surface area contributed by atoms with Crippen LogP contribution in [0.5, 0.6) is 0 Å². The highest BCUT2D eigenvalue weighted by molar-refractivity contribution is 5.86. The number of carbonyl (C=O) groups is 1. The lowest BCUT2D eigenvalue weighted by Gasteiger charge is -2.27. The van der Waals surface area contributed by atoms with E-state index in [1.807, 2.05) is 0 Å². The van der Waals surface area contributed by atoms with Crippen LogP contribution < -0.4 is 5.73 Å². The van der Waals surface area contributed by atoms with Crippen molar-refractivity contribution in [2.75, 3.05) is 0 Å². The first-order valence-corrected chi connectivity index (χ1v) is 3.53. The SMILES string of the molecule is NC12C(=O)OC(C(O)C1O)C2O. The third-order valence-electron chi connectivity index (χ3n) is 2.55. The predicted octanol–water partition coefficient (Wildman–Crippen LogP) is -3.29. The fourth-order valence-corrected chi connectivity index (χ4v) is 1.70. The Morgan fingerprint density at radius 2 is 1.92 bits per heavy atom. The van der Waals surface area contributed by atoms with Crippen molar-refractivity contribution in [3.05, 3.63) is 0 Å². The fraction of sp³-hybridized carbons (Fsp3) is 0.833. The van der Waals surface area contributed by atoms with Crippen LogP contribution in [0.2, 0.25) is 0 Å². The van der Waals surface area contributed by atoms with E-state index in [4.69, 9.17) is 5.73 Å². The number of rotatable bonds is 0. The summed E-state index contributed by atoms with van der Waals surface area (Å²) in [7, 11) is 0. The summed E-state index contributed by atoms with van der Waals surface area (Å²) < 4.78 is 4.53. The maximum atomic E-state index is 10.9. The highest BCUT2D eigenvalue weighted by Gasteiger charge is 2.69. The molecule has 6 nitrogen and oxygen atoms in total. The summed E-state index contributed by atoms with van der Waals surface area (Å²) in [4.78, 5) is 10.9. The third kappa shape index (κ3) is 0.579. The van der Waals surface area contributed by atoms with Crippen molar-refractivity contribution in [2.24, 2.45) is 5.73 Å². The van der Waals surface area contributed by atoms with Crippen LogP contribution >= 0.6 is 0 Å². The molecular weight excluding hydrogens is 166 g/mol. The van der Waals surface area contributed by atoms with Crippen molar-refractivity contribution in [1.82, 2.24) is 0 Å². The van der Waals surface area contributed by atoms with Gasteiger partial charge in [-0.05, 0) is 0 Å². The van der Waals surface area contributed by atoms with Crippen molar-refractivity contribution in [3.63, 3.8) is 0 Å². The Hall–Kier alpha value is -0.690. The van der Waals surface area contributed by atoms with Gasteiger partial charge in [-0.15, -0.1) is 0 Å². The van der Waals surface area contributed by atoms with Gasteiger partial charge in [0.25, 0.3) is 0 Å². The zero-order valence-electron chi connectivity index (χ0n) is 6.04. The van der Waals surface area contributed by atoms with Crippen molar-refractivity contribution >= 4 is 5.97 Å². The van der Waals surface area contributed by atoms with Gasteiger partial charge < -0.3 is 25.8 Å². The van der Waals surface area contributed by atoms with E-state index in [0.717, 1.165) is 0 Å². The largest absolute Gasteiger partial charge is 0.455 e. The van der Waals surface area contributed by atoms with E-state index in [1.54, 1.807) is 0 Å². The summed E-state index contributed by atoms with van der Waals surface area (Å²) in [6.45, 7) is 0. The van der Waals surface area contributed by atoms with Gasteiger partial charge in [-0.25, -0.2) is 4.79 Å². The highest BCUT2D eigenvalue weighted by atomic mass is 16.6. The van der Waals surface area contributed by atoms with Gasteiger partial charge in [0, 0.05) is 0 Å². The normalized spacial score (nSPS) is 57.5. The van der Waals surface area contributed by atoms with Gasteiger partial charge in [-0.2, -0.15) is 0 Å². The van der Waals surface area contributed by atoms with Gasteiger partial charge >= 0.3 is 5.97 Å². The molecule has 1 heterocycles. The minimum atomic E-state index is -1.84. The van der Waals surface area contributed by atoms with Crippen LogP contribution in [0.25, 0.3) is 0 Å². The number of nitrogens with two attached hydrogens (primary N) is 1. The first-order valence-electron chi connectivity index (χ1n) is 3.53. The Labute approximate surface area is 67.5 Å². The van der Waals surface area contributed by atoms with Crippen molar-refractivity contribution in [1.29, 1.82) is 0 Å². The number of fused-ring (bicyclic) bond motifs is 2. The van der Waals surface area contributed by atoms with Gasteiger partial charge in [-0.1, -0.05) is 0 Å². The molecule has 0 spiro atoms. The minimum absolute atomic E-state index is 0.863. The van der Waals surface area contributed by atoms with E-state index in [-0.39, 0.29) is 0 Å². The summed E-state index contributed by atoms with van der Waals surface area (Å²) >= 11 is 0. The number of hydrogen-bond acceptors (Lipinski definition) is 6. The molecule has 0 amide bonds. The first kappa shape index (κ1) is 7.93. The molecule has 12 heavy (non-hydrogen) atoms. The molecule has 1 saturated carbocycles. The predicted molar refractivity (Wildman–Crippen MR) is 34.8 cm³/mol. The molecule has 5 unspecified atom stereocenters. The molecule has 0 aromatic heterocycles. The lowest BCUT2D eigenvalue weighted by Crippen LogP contribution is -2.61. The monoisotopic (exact) mass is 175 g/mol. The van der Waals surface area contributed by atoms with Gasteiger partial charge in [0.2, 0.25) is 0 Å². The van der Waals surface area contributed by atoms with Crippen LogP contribution in [0.4, 0.5) is 0 Å². The lowest BCUT2D eigenvalue weighted by molar-refractivity contribution is -0.167. The molecule has 0 aromatic rings. The number of carbonyl (C=O) groups excluding carboxylic acids is 1. The lowest BCUT2D eigenvalue weighted by atomic mass is 9.95. The van der Waals surface area contributed by atoms with Crippen molar-refractivity contribution in [3.8, 4) is 0 Å². The Morgan fingerprint density at radius 1 is 1.33 bits per heavy atom. The van der Waals surface area contributed by atoms with Crippen LogP contribution in [0.3, 0.4) is 0 Å². The average Bonchev–Trinajstić information content (AvgIpc) is 2.33. The number of hydrogen-bond donors (Lipinski definition) is 4. The second-order valence-corrected chi connectivity index (χ2v) is 3.18. The molecule has 0 radical (unpaired) electrons. The molecule has 0 aromatic carbocycles. The number of ether oxygens (including phenoxy) is 1. The second kappa shape index (κ2) is 1.97. The second-order valence-electron chi connectivity index (χ2n) is 3.18. The third-order valence-corrected chi connectivity index (χ3v) is 2.55. The van der Waals surface area contributed by atoms with Gasteiger partial charge in [0.1, 0.15) is 18.3 Å². The molecule has 68 valence electrons. The molecule has 1 aliphatic heterocycles. The minimum Gasteiger partial charge on any atom is -0.455 e. The topological polar surface area (TPSA) is 113 Å². The first-order chi connectivity index (χ1) is 5.49. The quantitative estimate of drug-likeness (QED) is 0.287. The average molecular weight is 175 g/mol. The van der Waals surface area contributed by atoms with Crippen LogP contribution in [0, 0.1) is 0 Å². The Balaban J connectivity index is 2.44. The molecule has 2 rings (SSSR count). The molecule has 2 bridgehead atoms. The fourth-order valence-electron chi connectivity index (χ4n) is 1.70. The van der Waals surface area contributed by atoms with Crippen LogP contribution in [-0.2, 0) is 9.53 Å². The van der Waals surface area contributed by atoms with E-state index >= 15 is 0 Å². The van der Waals surface area contributed by atoms with Crippen molar-refractivity contribution in [2.45, 2.75) is 30.0 Å². The van der Waals surface area contributed by atoms with Gasteiger partial charge in [0.05, 0.1) is 0 Å². The molecule has 1 saturated heterocycles. The summed E-state index contributed by atoms with van der Waals surface area (Å²) in [6.07, 6.45) is -5.14. The van der Waals surface area contributed by atoms with Gasteiger partial charge in [0.15, 0.2) is 11.6 Å². The zero-order valence-corrected chi connectivity index (χ0v) is 6.04. The molecule has 6 heteroatoms. The van der Waals surface area contributed by atoms with E-state index in [9.17, 15) is 20.1 Å². The molecular formula is C6H9NO5. The molecule has 1 aliphatic carbocycles. The van der Waals surface area contributed by atoms with Crippen molar-refractivity contribution < 1.29 is 24.9 Å². The number of aliphatic hydroxyl groups excluding tert-OH is 3. The van der Waals surface area contributed by atoms with Crippen LogP contribution in [0.1, 0.15) is 0 Å². The highest BCUT2D eigenvalue weighted by Crippen LogP contribution is 2.38. The number of esters is 1. The summed E-state index contributed by atoms with van der Waals surface area (Å²) in [5.41, 5.74) is 3.54. The Morgan fingerprint density at radius 3 is 2.25 bits per heavy atom. The van der Waals surface area contributed by atoms with E-state index < -0.39 is 35.9 Å². The summed E-state index contributed by atoms with van der Waals surface area (Å²) in [6, 6.07) is 0. The molecule has 5 atom stereocenters. The maximum absolute atomic E-state index is 10.9. The molecule has 2 aliphatic rings.